The number of rotatable bonds is 3. The van der Waals surface area contributed by atoms with Crippen LogP contribution in [-0.2, 0) is 0 Å². The normalized spacial score (nSPS) is 24.6. The highest BCUT2D eigenvalue weighted by molar-refractivity contribution is 9.09. The predicted octanol–water partition coefficient (Wildman–Crippen LogP) is 3.14. The highest BCUT2D eigenvalue weighted by Crippen LogP contribution is 2.26. The Morgan fingerprint density at radius 3 is 3.00 bits per heavy atom. The summed E-state index contributed by atoms with van der Waals surface area (Å²) in [4.78, 5) is 16.9. The van der Waals surface area contributed by atoms with Crippen molar-refractivity contribution < 1.29 is 4.79 Å². The van der Waals surface area contributed by atoms with Gasteiger partial charge in [0.2, 0.25) is 0 Å². The third-order valence-corrected chi connectivity index (χ3v) is 5.01. The summed E-state index contributed by atoms with van der Waals surface area (Å²) in [6, 6.07) is 0.318. The van der Waals surface area contributed by atoms with Crippen LogP contribution in [0.2, 0.25) is 0 Å². The standard InChI is InChI=1S/C12H17BrN2OS/c1-8-14-7-11(17-8)12(16)15-10-5-3-2-4-9(10)6-13/h7,9-10H,2-6H2,1H3,(H,15,16). The maximum absolute atomic E-state index is 12.0. The molecule has 2 atom stereocenters. The van der Waals surface area contributed by atoms with Crippen molar-refractivity contribution in [2.24, 2.45) is 5.92 Å². The van der Waals surface area contributed by atoms with E-state index in [1.54, 1.807) is 6.20 Å². The van der Waals surface area contributed by atoms with Crippen LogP contribution < -0.4 is 5.32 Å². The summed E-state index contributed by atoms with van der Waals surface area (Å²) in [5, 5.41) is 5.06. The van der Waals surface area contributed by atoms with E-state index in [9.17, 15) is 4.79 Å². The van der Waals surface area contributed by atoms with Crippen molar-refractivity contribution in [2.75, 3.05) is 5.33 Å². The minimum atomic E-state index is 0.0356. The van der Waals surface area contributed by atoms with Crippen molar-refractivity contribution in [3.63, 3.8) is 0 Å². The number of aryl methyl sites for hydroxylation is 1. The average Bonchev–Trinajstić information content (AvgIpc) is 2.77. The number of carbonyl (C=O) groups excluding carboxylic acids is 1. The fourth-order valence-corrected chi connectivity index (χ4v) is 3.74. The van der Waals surface area contributed by atoms with Gasteiger partial charge in [-0.25, -0.2) is 4.98 Å². The molecule has 1 aliphatic rings. The lowest BCUT2D eigenvalue weighted by Gasteiger charge is -2.30. The molecule has 1 N–H and O–H groups in total. The number of alkyl halides is 1. The van der Waals surface area contributed by atoms with E-state index in [4.69, 9.17) is 0 Å². The summed E-state index contributed by atoms with van der Waals surface area (Å²) < 4.78 is 0. The van der Waals surface area contributed by atoms with Crippen LogP contribution in [0.5, 0.6) is 0 Å². The lowest BCUT2D eigenvalue weighted by atomic mass is 9.86. The first-order valence-electron chi connectivity index (χ1n) is 6.00. The molecule has 0 saturated heterocycles. The average molecular weight is 317 g/mol. The Morgan fingerprint density at radius 1 is 1.59 bits per heavy atom. The summed E-state index contributed by atoms with van der Waals surface area (Å²) in [6.45, 7) is 1.92. The number of hydrogen-bond donors (Lipinski definition) is 1. The molecule has 94 valence electrons. The van der Waals surface area contributed by atoms with Crippen molar-refractivity contribution in [2.45, 2.75) is 38.6 Å². The number of nitrogens with zero attached hydrogens (tertiary/aromatic N) is 1. The molecule has 1 saturated carbocycles. The Hall–Kier alpha value is -0.420. The molecule has 0 bridgehead atoms. The Balaban J connectivity index is 1.97. The zero-order valence-electron chi connectivity index (χ0n) is 9.91. The van der Waals surface area contributed by atoms with Gasteiger partial charge in [-0.1, -0.05) is 28.8 Å². The zero-order chi connectivity index (χ0) is 12.3. The lowest BCUT2D eigenvalue weighted by molar-refractivity contribution is 0.0915. The van der Waals surface area contributed by atoms with E-state index in [0.29, 0.717) is 12.0 Å². The van der Waals surface area contributed by atoms with E-state index in [-0.39, 0.29) is 5.91 Å². The Morgan fingerprint density at radius 2 is 2.35 bits per heavy atom. The second-order valence-corrected chi connectivity index (χ2v) is 6.40. The SMILES string of the molecule is Cc1ncc(C(=O)NC2CCCCC2CBr)s1. The molecule has 3 nitrogen and oxygen atoms in total. The minimum absolute atomic E-state index is 0.0356. The fourth-order valence-electron chi connectivity index (χ4n) is 2.29. The second kappa shape index (κ2) is 5.96. The molecule has 0 aliphatic heterocycles. The topological polar surface area (TPSA) is 42.0 Å². The quantitative estimate of drug-likeness (QED) is 0.870. The number of thiazole rings is 1. The smallest absolute Gasteiger partial charge is 0.263 e. The summed E-state index contributed by atoms with van der Waals surface area (Å²) in [5.74, 6) is 0.607. The molecule has 17 heavy (non-hydrogen) atoms. The van der Waals surface area contributed by atoms with Gasteiger partial charge in [-0.3, -0.25) is 4.79 Å². The Bertz CT molecular complexity index is 394. The van der Waals surface area contributed by atoms with Gasteiger partial charge >= 0.3 is 0 Å². The van der Waals surface area contributed by atoms with Gasteiger partial charge in [-0.2, -0.15) is 0 Å². The molecule has 0 spiro atoms. The van der Waals surface area contributed by atoms with Crippen LogP contribution in [0.15, 0.2) is 6.20 Å². The molecule has 1 amide bonds. The van der Waals surface area contributed by atoms with Crippen LogP contribution in [0.3, 0.4) is 0 Å². The molecule has 2 unspecified atom stereocenters. The molecule has 5 heteroatoms. The van der Waals surface area contributed by atoms with Gasteiger partial charge in [0.15, 0.2) is 0 Å². The van der Waals surface area contributed by atoms with Crippen molar-refractivity contribution in [3.05, 3.63) is 16.1 Å². The number of hydrogen-bond acceptors (Lipinski definition) is 3. The van der Waals surface area contributed by atoms with Crippen molar-refractivity contribution in [1.29, 1.82) is 0 Å². The van der Waals surface area contributed by atoms with Gasteiger partial charge < -0.3 is 5.32 Å². The van der Waals surface area contributed by atoms with Crippen molar-refractivity contribution in [3.8, 4) is 0 Å². The number of aromatic nitrogens is 1. The largest absolute Gasteiger partial charge is 0.348 e. The lowest BCUT2D eigenvalue weighted by Crippen LogP contribution is -2.42. The van der Waals surface area contributed by atoms with Crippen molar-refractivity contribution >= 4 is 33.2 Å². The maximum Gasteiger partial charge on any atom is 0.263 e. The van der Waals surface area contributed by atoms with Gasteiger partial charge in [-0.05, 0) is 25.7 Å². The van der Waals surface area contributed by atoms with Gasteiger partial charge in [0.05, 0.1) is 11.2 Å². The fraction of sp³-hybridized carbons (Fsp3) is 0.667. The van der Waals surface area contributed by atoms with E-state index in [1.807, 2.05) is 6.92 Å². The van der Waals surface area contributed by atoms with Gasteiger partial charge in [-0.15, -0.1) is 11.3 Å². The summed E-state index contributed by atoms with van der Waals surface area (Å²) >= 11 is 5.00. The highest BCUT2D eigenvalue weighted by Gasteiger charge is 2.26. The van der Waals surface area contributed by atoms with E-state index in [1.165, 1.54) is 30.6 Å². The third kappa shape index (κ3) is 3.28. The van der Waals surface area contributed by atoms with Gasteiger partial charge in [0, 0.05) is 11.4 Å². The van der Waals surface area contributed by atoms with E-state index in [0.717, 1.165) is 21.6 Å². The Kier molecular flexibility index (Phi) is 4.56. The number of carbonyl (C=O) groups is 1. The molecule has 2 rings (SSSR count). The Labute approximate surface area is 114 Å². The zero-order valence-corrected chi connectivity index (χ0v) is 12.3. The van der Waals surface area contributed by atoms with Gasteiger partial charge in [0.1, 0.15) is 4.88 Å². The van der Waals surface area contributed by atoms with Gasteiger partial charge in [0.25, 0.3) is 5.91 Å². The monoisotopic (exact) mass is 316 g/mol. The first-order chi connectivity index (χ1) is 8.20. The van der Waals surface area contributed by atoms with Crippen LogP contribution in [0.25, 0.3) is 0 Å². The highest BCUT2D eigenvalue weighted by atomic mass is 79.9. The van der Waals surface area contributed by atoms with Crippen LogP contribution in [0, 0.1) is 12.8 Å². The molecule has 1 heterocycles. The molecule has 1 aromatic rings. The first kappa shape index (κ1) is 13.0. The predicted molar refractivity (Wildman–Crippen MR) is 73.9 cm³/mol. The number of nitrogens with one attached hydrogen (secondary N) is 1. The second-order valence-electron chi connectivity index (χ2n) is 4.52. The van der Waals surface area contributed by atoms with Crippen LogP contribution in [-0.4, -0.2) is 22.3 Å². The summed E-state index contributed by atoms with van der Waals surface area (Å²) in [6.07, 6.45) is 6.47. The van der Waals surface area contributed by atoms with Crippen molar-refractivity contribution in [1.82, 2.24) is 10.3 Å². The van der Waals surface area contributed by atoms with E-state index in [2.05, 4.69) is 26.2 Å². The molecule has 0 radical (unpaired) electrons. The number of amides is 1. The molecule has 1 fully saturated rings. The van der Waals surface area contributed by atoms with E-state index < -0.39 is 0 Å². The van der Waals surface area contributed by atoms with Crippen LogP contribution in [0.1, 0.15) is 40.4 Å². The minimum Gasteiger partial charge on any atom is -0.348 e. The molecular weight excluding hydrogens is 300 g/mol. The summed E-state index contributed by atoms with van der Waals surface area (Å²) in [5.41, 5.74) is 0. The summed E-state index contributed by atoms with van der Waals surface area (Å²) in [7, 11) is 0. The molecule has 0 aromatic carbocycles. The molecule has 1 aromatic heterocycles. The van der Waals surface area contributed by atoms with Crippen LogP contribution in [0.4, 0.5) is 0 Å². The maximum atomic E-state index is 12.0. The van der Waals surface area contributed by atoms with E-state index >= 15 is 0 Å². The molecular formula is C12H17BrN2OS. The number of halogens is 1. The van der Waals surface area contributed by atoms with Crippen LogP contribution >= 0.6 is 27.3 Å². The molecule has 1 aliphatic carbocycles. The third-order valence-electron chi connectivity index (χ3n) is 3.27. The first-order valence-corrected chi connectivity index (χ1v) is 7.93.